The summed E-state index contributed by atoms with van der Waals surface area (Å²) < 4.78 is 0. The molecule has 0 radical (unpaired) electrons. The van der Waals surface area contributed by atoms with Crippen molar-refractivity contribution < 1.29 is 28.8 Å². The summed E-state index contributed by atoms with van der Waals surface area (Å²) in [5.74, 6) is -2.33. The first kappa shape index (κ1) is 31.0. The van der Waals surface area contributed by atoms with Gasteiger partial charge in [-0.2, -0.15) is 0 Å². The summed E-state index contributed by atoms with van der Waals surface area (Å²) in [6.45, 7) is 11.7. The van der Waals surface area contributed by atoms with Crippen molar-refractivity contribution in [3.05, 3.63) is 0 Å². The third-order valence-corrected chi connectivity index (χ3v) is 9.59. The number of rotatable bonds is 12. The topological polar surface area (TPSA) is 168 Å². The van der Waals surface area contributed by atoms with Gasteiger partial charge in [-0.1, -0.05) is 60.8 Å². The number of hydrogen-bond acceptors (Lipinski definition) is 6. The maximum atomic E-state index is 14.0. The van der Waals surface area contributed by atoms with Crippen LogP contribution in [0, 0.1) is 40.9 Å². The quantitative estimate of drug-likeness (QED) is 0.258. The van der Waals surface area contributed by atoms with Crippen molar-refractivity contribution in [2.45, 2.75) is 104 Å². The lowest BCUT2D eigenvalue weighted by Crippen LogP contribution is -2.62. The number of amides is 5. The zero-order valence-electron chi connectivity index (χ0n) is 25.2. The van der Waals surface area contributed by atoms with Gasteiger partial charge in [0.1, 0.15) is 12.1 Å². The molecule has 3 aliphatic carbocycles. The molecule has 5 N–H and O–H groups in total. The maximum Gasteiger partial charge on any atom is 0.316 e. The van der Waals surface area contributed by atoms with Crippen LogP contribution in [0.5, 0.6) is 0 Å². The second-order valence-corrected chi connectivity index (χ2v) is 14.2. The third kappa shape index (κ3) is 6.75. The molecule has 1 heterocycles. The van der Waals surface area contributed by atoms with E-state index in [-0.39, 0.29) is 41.3 Å². The number of primary amides is 1. The molecule has 4 rings (SSSR count). The number of nitrogens with one attached hydrogen (secondary N) is 3. The first-order valence-corrected chi connectivity index (χ1v) is 15.2. The molecule has 11 nitrogen and oxygen atoms in total. The Balaban J connectivity index is 1.48. The zero-order valence-corrected chi connectivity index (χ0v) is 25.2. The highest BCUT2D eigenvalue weighted by Crippen LogP contribution is 2.55. The van der Waals surface area contributed by atoms with Crippen LogP contribution in [0.2, 0.25) is 0 Å². The van der Waals surface area contributed by atoms with E-state index in [4.69, 9.17) is 5.73 Å². The molecule has 11 heteroatoms. The van der Waals surface area contributed by atoms with Crippen molar-refractivity contribution in [2.75, 3.05) is 6.54 Å². The summed E-state index contributed by atoms with van der Waals surface area (Å²) in [4.78, 5) is 79.5. The molecule has 2 unspecified atom stereocenters. The van der Waals surface area contributed by atoms with Gasteiger partial charge in [-0.05, 0) is 54.3 Å². The van der Waals surface area contributed by atoms with E-state index >= 15 is 0 Å². The van der Waals surface area contributed by atoms with Crippen molar-refractivity contribution in [3.8, 4) is 0 Å². The Labute approximate surface area is 242 Å². The SMILES string of the molecule is CC(C)[C@H](NC(=O)N[C@H](C(=O)N1C[C@@H]2C(C)[C@@H]2[C@H]1C(=O)NC(CC1CC1)C(=O)C(N)=O)C(C)(C)C)C(=O)C1CCC1. The van der Waals surface area contributed by atoms with Gasteiger partial charge in [-0.25, -0.2) is 4.79 Å². The van der Waals surface area contributed by atoms with Gasteiger partial charge >= 0.3 is 6.03 Å². The second kappa shape index (κ2) is 11.7. The minimum atomic E-state index is -1.09. The minimum absolute atomic E-state index is 0.0247. The molecule has 4 fully saturated rings. The zero-order chi connectivity index (χ0) is 30.4. The van der Waals surface area contributed by atoms with Crippen LogP contribution in [0.1, 0.15) is 80.1 Å². The molecule has 3 saturated carbocycles. The molecule has 7 atom stereocenters. The predicted octanol–water partition coefficient (Wildman–Crippen LogP) is 1.53. The predicted molar refractivity (Wildman–Crippen MR) is 151 cm³/mol. The van der Waals surface area contributed by atoms with E-state index in [1.807, 2.05) is 41.5 Å². The molecule has 0 spiro atoms. The van der Waals surface area contributed by atoms with Crippen LogP contribution in [-0.2, 0) is 24.0 Å². The van der Waals surface area contributed by atoms with Crippen molar-refractivity contribution >= 4 is 35.3 Å². The smallest absolute Gasteiger partial charge is 0.316 e. The van der Waals surface area contributed by atoms with E-state index in [2.05, 4.69) is 16.0 Å². The number of nitrogens with zero attached hydrogens (tertiary/aromatic N) is 1. The summed E-state index contributed by atoms with van der Waals surface area (Å²) >= 11 is 0. The second-order valence-electron chi connectivity index (χ2n) is 14.2. The Morgan fingerprint density at radius 2 is 1.59 bits per heavy atom. The first-order chi connectivity index (χ1) is 19.1. The number of carbonyl (C=O) groups is 6. The monoisotopic (exact) mass is 573 g/mol. The van der Waals surface area contributed by atoms with Gasteiger partial charge in [0.05, 0.1) is 12.1 Å². The first-order valence-electron chi connectivity index (χ1n) is 15.2. The van der Waals surface area contributed by atoms with Crippen LogP contribution in [0.3, 0.4) is 0 Å². The number of likely N-dealkylation sites (tertiary alicyclic amines) is 1. The number of urea groups is 1. The van der Waals surface area contributed by atoms with Crippen LogP contribution in [0.25, 0.3) is 0 Å². The van der Waals surface area contributed by atoms with E-state index in [1.165, 1.54) is 4.90 Å². The summed E-state index contributed by atoms with van der Waals surface area (Å²) in [5, 5.41) is 8.38. The fraction of sp³-hybridized carbons (Fsp3) is 0.800. The third-order valence-electron chi connectivity index (χ3n) is 9.59. The minimum Gasteiger partial charge on any atom is -0.363 e. The lowest BCUT2D eigenvalue weighted by Gasteiger charge is -2.37. The van der Waals surface area contributed by atoms with Gasteiger partial charge in [0.2, 0.25) is 17.6 Å². The Kier molecular flexibility index (Phi) is 8.85. The number of piperidine rings is 1. The van der Waals surface area contributed by atoms with Gasteiger partial charge in [0.15, 0.2) is 5.78 Å². The molecule has 4 aliphatic rings. The van der Waals surface area contributed by atoms with Crippen molar-refractivity contribution in [3.63, 3.8) is 0 Å². The van der Waals surface area contributed by atoms with E-state index in [0.29, 0.717) is 13.0 Å². The Morgan fingerprint density at radius 3 is 2.07 bits per heavy atom. The van der Waals surface area contributed by atoms with Crippen LogP contribution >= 0.6 is 0 Å². The Bertz CT molecular complexity index is 1090. The van der Waals surface area contributed by atoms with E-state index in [9.17, 15) is 28.8 Å². The van der Waals surface area contributed by atoms with E-state index < -0.39 is 59.1 Å². The van der Waals surface area contributed by atoms with Crippen LogP contribution in [0.15, 0.2) is 0 Å². The molecular weight excluding hydrogens is 526 g/mol. The Morgan fingerprint density at radius 1 is 0.951 bits per heavy atom. The molecular formula is C30H47N5O6. The molecule has 0 bridgehead atoms. The Hall–Kier alpha value is -2.98. The number of Topliss-reactive ketones (excluding diaryl/α,β-unsaturated/α-hetero) is 2. The van der Waals surface area contributed by atoms with Gasteiger partial charge in [-0.3, -0.25) is 24.0 Å². The molecule has 0 aromatic heterocycles. The molecule has 5 amide bonds. The van der Waals surface area contributed by atoms with E-state index in [0.717, 1.165) is 32.1 Å². The van der Waals surface area contributed by atoms with Crippen LogP contribution in [-0.4, -0.2) is 70.9 Å². The highest BCUT2D eigenvalue weighted by molar-refractivity contribution is 6.37. The summed E-state index contributed by atoms with van der Waals surface area (Å²) in [6.07, 6.45) is 4.89. The number of ketones is 2. The number of hydrogen-bond donors (Lipinski definition) is 4. The van der Waals surface area contributed by atoms with Crippen LogP contribution < -0.4 is 21.7 Å². The van der Waals surface area contributed by atoms with E-state index in [1.54, 1.807) is 0 Å². The molecule has 41 heavy (non-hydrogen) atoms. The number of fused-ring (bicyclic) bond motifs is 1. The van der Waals surface area contributed by atoms with Gasteiger partial charge in [-0.15, -0.1) is 0 Å². The lowest BCUT2D eigenvalue weighted by molar-refractivity contribution is -0.144. The normalized spacial score (nSPS) is 27.6. The largest absolute Gasteiger partial charge is 0.363 e. The average Bonchev–Trinajstić information content (AvgIpc) is 3.73. The lowest BCUT2D eigenvalue weighted by atomic mass is 9.78. The van der Waals surface area contributed by atoms with Gasteiger partial charge in [0, 0.05) is 12.5 Å². The molecule has 0 aromatic carbocycles. The summed E-state index contributed by atoms with van der Waals surface area (Å²) in [5.41, 5.74) is 4.56. The van der Waals surface area contributed by atoms with Gasteiger partial charge < -0.3 is 26.6 Å². The van der Waals surface area contributed by atoms with Gasteiger partial charge in [0.25, 0.3) is 5.91 Å². The number of carbonyl (C=O) groups excluding carboxylic acids is 6. The fourth-order valence-corrected chi connectivity index (χ4v) is 6.47. The van der Waals surface area contributed by atoms with Crippen LogP contribution in [0.4, 0.5) is 4.79 Å². The average molecular weight is 574 g/mol. The highest BCUT2D eigenvalue weighted by Gasteiger charge is 2.63. The van der Waals surface area contributed by atoms with Crippen molar-refractivity contribution in [2.24, 2.45) is 46.7 Å². The van der Waals surface area contributed by atoms with Crippen molar-refractivity contribution in [1.29, 1.82) is 0 Å². The summed E-state index contributed by atoms with van der Waals surface area (Å²) in [7, 11) is 0. The molecule has 0 aromatic rings. The highest BCUT2D eigenvalue weighted by atomic mass is 16.2. The van der Waals surface area contributed by atoms with Crippen molar-refractivity contribution in [1.82, 2.24) is 20.9 Å². The standard InChI is InChI=1S/C30H47N5O6/c1-14(2)21(23(36)17-8-7-9-17)33-29(41)34-25(30(4,5)6)28(40)35-13-18-15(3)20(18)22(35)27(39)32-19(12-16-10-11-16)24(37)26(31)38/h14-22,25H,7-13H2,1-6H3,(H2,31,38)(H,32,39)(H2,33,34,41)/t15?,18-,19?,20+,21+,22+,25-/m1/s1. The molecule has 1 aliphatic heterocycles. The molecule has 228 valence electrons. The number of nitrogens with two attached hydrogens (primary N) is 1. The molecule has 1 saturated heterocycles. The summed E-state index contributed by atoms with van der Waals surface area (Å²) in [6, 6.07) is -4.04. The fourth-order valence-electron chi connectivity index (χ4n) is 6.47. The maximum absolute atomic E-state index is 14.0.